The molecule has 3 rings (SSSR count). The molecule has 28 heavy (non-hydrogen) atoms. The van der Waals surface area contributed by atoms with Crippen molar-refractivity contribution in [3.63, 3.8) is 0 Å². The van der Waals surface area contributed by atoms with Gasteiger partial charge in [0.25, 0.3) is 11.8 Å². The Bertz CT molecular complexity index is 958. The molecule has 0 aliphatic carbocycles. The molecular formula is C23H21FN2O2. The zero-order chi connectivity index (χ0) is 19.8. The predicted molar refractivity (Wildman–Crippen MR) is 108 cm³/mol. The van der Waals surface area contributed by atoms with E-state index in [-0.39, 0.29) is 5.91 Å². The number of amides is 2. The van der Waals surface area contributed by atoms with Gasteiger partial charge in [0.2, 0.25) is 0 Å². The van der Waals surface area contributed by atoms with E-state index in [0.29, 0.717) is 23.4 Å². The summed E-state index contributed by atoms with van der Waals surface area (Å²) in [6.07, 6.45) is 1.71. The maximum absolute atomic E-state index is 13.2. The van der Waals surface area contributed by atoms with Crippen LogP contribution in [0.25, 0.3) is 0 Å². The van der Waals surface area contributed by atoms with Crippen molar-refractivity contribution in [1.29, 1.82) is 0 Å². The molecule has 0 bridgehead atoms. The standard InChI is InChI=1S/C23H21FN2O2/c24-20-12-5-13-21(16-20)26-23(28)19-11-4-10-18(15-19)22(27)25-14-6-9-17-7-2-1-3-8-17/h1-5,7-8,10-13,15-16H,6,9,14H2,(H,25,27)(H,26,28). The summed E-state index contributed by atoms with van der Waals surface area (Å²) >= 11 is 0. The summed E-state index contributed by atoms with van der Waals surface area (Å²) in [5, 5.41) is 5.50. The van der Waals surface area contributed by atoms with Crippen LogP contribution in [0.5, 0.6) is 0 Å². The van der Waals surface area contributed by atoms with E-state index in [2.05, 4.69) is 22.8 Å². The summed E-state index contributed by atoms with van der Waals surface area (Å²) in [5.41, 5.74) is 2.33. The van der Waals surface area contributed by atoms with Gasteiger partial charge in [0, 0.05) is 23.4 Å². The molecule has 0 spiro atoms. The molecule has 0 fully saturated rings. The highest BCUT2D eigenvalue weighted by atomic mass is 19.1. The summed E-state index contributed by atoms with van der Waals surface area (Å²) in [7, 11) is 0. The van der Waals surface area contributed by atoms with E-state index in [4.69, 9.17) is 0 Å². The van der Waals surface area contributed by atoms with Crippen molar-refractivity contribution in [2.75, 3.05) is 11.9 Å². The molecule has 3 aromatic rings. The van der Waals surface area contributed by atoms with Crippen LogP contribution in [-0.2, 0) is 6.42 Å². The third kappa shape index (κ3) is 5.51. The first-order chi connectivity index (χ1) is 13.6. The van der Waals surface area contributed by atoms with Crippen molar-refractivity contribution in [2.24, 2.45) is 0 Å². The molecular weight excluding hydrogens is 355 g/mol. The van der Waals surface area contributed by atoms with Crippen LogP contribution in [0, 0.1) is 5.82 Å². The molecule has 0 aliphatic heterocycles. The monoisotopic (exact) mass is 376 g/mol. The van der Waals surface area contributed by atoms with Crippen LogP contribution in [-0.4, -0.2) is 18.4 Å². The minimum absolute atomic E-state index is 0.228. The van der Waals surface area contributed by atoms with Crippen LogP contribution in [0.15, 0.2) is 78.9 Å². The minimum Gasteiger partial charge on any atom is -0.352 e. The molecule has 142 valence electrons. The van der Waals surface area contributed by atoms with Gasteiger partial charge in [-0.25, -0.2) is 4.39 Å². The Morgan fingerprint density at radius 1 is 0.786 bits per heavy atom. The molecule has 4 nitrogen and oxygen atoms in total. The SMILES string of the molecule is O=C(NCCCc1ccccc1)c1cccc(C(=O)Nc2cccc(F)c2)c1. The first kappa shape index (κ1) is 19.3. The van der Waals surface area contributed by atoms with Gasteiger partial charge in [-0.05, 0) is 54.8 Å². The predicted octanol–water partition coefficient (Wildman–Crippen LogP) is 4.44. The van der Waals surface area contributed by atoms with Gasteiger partial charge >= 0.3 is 0 Å². The molecule has 0 atom stereocenters. The highest BCUT2D eigenvalue weighted by Gasteiger charge is 2.11. The summed E-state index contributed by atoms with van der Waals surface area (Å²) < 4.78 is 13.2. The Hall–Kier alpha value is -3.47. The Morgan fingerprint density at radius 2 is 1.50 bits per heavy atom. The second-order valence-corrected chi connectivity index (χ2v) is 6.39. The molecule has 3 aromatic carbocycles. The fourth-order valence-electron chi connectivity index (χ4n) is 2.81. The molecule has 0 aromatic heterocycles. The lowest BCUT2D eigenvalue weighted by Gasteiger charge is -2.08. The van der Waals surface area contributed by atoms with Gasteiger partial charge in [-0.1, -0.05) is 42.5 Å². The second-order valence-electron chi connectivity index (χ2n) is 6.39. The van der Waals surface area contributed by atoms with E-state index in [1.54, 1.807) is 24.3 Å². The molecule has 0 aliphatic rings. The first-order valence-corrected chi connectivity index (χ1v) is 9.11. The highest BCUT2D eigenvalue weighted by molar-refractivity contribution is 6.06. The molecule has 0 unspecified atom stereocenters. The second kappa shape index (κ2) is 9.46. The van der Waals surface area contributed by atoms with Gasteiger partial charge in [0.05, 0.1) is 0 Å². The number of hydrogen-bond donors (Lipinski definition) is 2. The smallest absolute Gasteiger partial charge is 0.255 e. The third-order valence-electron chi connectivity index (χ3n) is 4.24. The number of benzene rings is 3. The van der Waals surface area contributed by atoms with Gasteiger partial charge < -0.3 is 10.6 Å². The van der Waals surface area contributed by atoms with E-state index in [1.165, 1.54) is 29.8 Å². The third-order valence-corrected chi connectivity index (χ3v) is 4.24. The van der Waals surface area contributed by atoms with E-state index in [0.717, 1.165) is 12.8 Å². The van der Waals surface area contributed by atoms with Crippen LogP contribution >= 0.6 is 0 Å². The maximum Gasteiger partial charge on any atom is 0.255 e. The fourth-order valence-corrected chi connectivity index (χ4v) is 2.81. The summed E-state index contributed by atoms with van der Waals surface area (Å²) in [6, 6.07) is 22.2. The van der Waals surface area contributed by atoms with E-state index >= 15 is 0 Å². The van der Waals surface area contributed by atoms with E-state index in [1.807, 2.05) is 18.2 Å². The van der Waals surface area contributed by atoms with Crippen molar-refractivity contribution in [3.05, 3.63) is 101 Å². The van der Waals surface area contributed by atoms with Crippen molar-refractivity contribution in [3.8, 4) is 0 Å². The number of halogens is 1. The van der Waals surface area contributed by atoms with Crippen molar-refractivity contribution < 1.29 is 14.0 Å². The summed E-state index contributed by atoms with van der Waals surface area (Å²) in [6.45, 7) is 0.549. The quantitative estimate of drug-likeness (QED) is 0.599. The number of anilines is 1. The minimum atomic E-state index is -0.429. The number of aryl methyl sites for hydroxylation is 1. The Morgan fingerprint density at radius 3 is 2.25 bits per heavy atom. The van der Waals surface area contributed by atoms with Crippen LogP contribution < -0.4 is 10.6 Å². The Labute approximate surface area is 163 Å². The highest BCUT2D eigenvalue weighted by Crippen LogP contribution is 2.12. The molecule has 5 heteroatoms. The lowest BCUT2D eigenvalue weighted by Crippen LogP contribution is -2.25. The topological polar surface area (TPSA) is 58.2 Å². The number of hydrogen-bond acceptors (Lipinski definition) is 2. The van der Waals surface area contributed by atoms with Gasteiger partial charge in [0.1, 0.15) is 5.82 Å². The molecule has 0 saturated heterocycles. The molecule has 2 amide bonds. The van der Waals surface area contributed by atoms with Crippen LogP contribution in [0.3, 0.4) is 0 Å². The maximum atomic E-state index is 13.2. The largest absolute Gasteiger partial charge is 0.352 e. The zero-order valence-electron chi connectivity index (χ0n) is 15.3. The number of carbonyl (C=O) groups is 2. The first-order valence-electron chi connectivity index (χ1n) is 9.11. The normalized spacial score (nSPS) is 10.3. The average Bonchev–Trinajstić information content (AvgIpc) is 2.72. The zero-order valence-corrected chi connectivity index (χ0v) is 15.3. The Kier molecular flexibility index (Phi) is 6.52. The molecule has 0 saturated carbocycles. The van der Waals surface area contributed by atoms with Crippen LogP contribution in [0.4, 0.5) is 10.1 Å². The number of rotatable bonds is 7. The number of carbonyl (C=O) groups excluding carboxylic acids is 2. The summed E-state index contributed by atoms with van der Waals surface area (Å²) in [4.78, 5) is 24.7. The lowest BCUT2D eigenvalue weighted by atomic mass is 10.1. The molecule has 0 radical (unpaired) electrons. The van der Waals surface area contributed by atoms with Gasteiger partial charge in [-0.3, -0.25) is 9.59 Å². The molecule has 0 heterocycles. The van der Waals surface area contributed by atoms with E-state index < -0.39 is 11.7 Å². The fraction of sp³-hybridized carbons (Fsp3) is 0.130. The lowest BCUT2D eigenvalue weighted by molar-refractivity contribution is 0.0953. The van der Waals surface area contributed by atoms with Crippen molar-refractivity contribution in [1.82, 2.24) is 5.32 Å². The number of nitrogens with one attached hydrogen (secondary N) is 2. The van der Waals surface area contributed by atoms with Gasteiger partial charge in [-0.2, -0.15) is 0 Å². The van der Waals surface area contributed by atoms with Gasteiger partial charge in [-0.15, -0.1) is 0 Å². The van der Waals surface area contributed by atoms with Crippen molar-refractivity contribution >= 4 is 17.5 Å². The van der Waals surface area contributed by atoms with Crippen LogP contribution in [0.1, 0.15) is 32.7 Å². The van der Waals surface area contributed by atoms with Crippen LogP contribution in [0.2, 0.25) is 0 Å². The van der Waals surface area contributed by atoms with Crippen molar-refractivity contribution in [2.45, 2.75) is 12.8 Å². The Balaban J connectivity index is 1.54. The van der Waals surface area contributed by atoms with Gasteiger partial charge in [0.15, 0.2) is 0 Å². The summed E-state index contributed by atoms with van der Waals surface area (Å²) in [5.74, 6) is -1.06. The van der Waals surface area contributed by atoms with E-state index in [9.17, 15) is 14.0 Å². The average molecular weight is 376 g/mol. The molecule has 2 N–H and O–H groups in total.